The summed E-state index contributed by atoms with van der Waals surface area (Å²) in [5.41, 5.74) is 3.16. The minimum atomic E-state index is -0.509. The van der Waals surface area contributed by atoms with Gasteiger partial charge >= 0.3 is 6.03 Å². The Labute approximate surface area is 139 Å². The van der Waals surface area contributed by atoms with Gasteiger partial charge in [-0.05, 0) is 44.2 Å². The van der Waals surface area contributed by atoms with E-state index in [2.05, 4.69) is 18.3 Å². The molecule has 1 fully saturated rings. The van der Waals surface area contributed by atoms with Crippen molar-refractivity contribution in [3.05, 3.63) is 29.3 Å². The highest BCUT2D eigenvalue weighted by Crippen LogP contribution is 2.25. The quantitative estimate of drug-likeness (QED) is 0.858. The van der Waals surface area contributed by atoms with Crippen LogP contribution in [-0.2, 0) is 6.42 Å². The van der Waals surface area contributed by atoms with Crippen molar-refractivity contribution in [1.29, 1.82) is 0 Å². The molecule has 0 unspecified atom stereocenters. The summed E-state index contributed by atoms with van der Waals surface area (Å²) in [5, 5.41) is 12.9. The van der Waals surface area contributed by atoms with Gasteiger partial charge < -0.3 is 15.3 Å². The molecule has 0 aliphatic heterocycles. The Balaban J connectivity index is 2.17. The van der Waals surface area contributed by atoms with Crippen LogP contribution in [0.4, 0.5) is 10.5 Å². The Kier molecular flexibility index (Phi) is 6.46. The molecular weight excluding hydrogens is 288 g/mol. The number of para-hydroxylation sites is 1. The second-order valence-electron chi connectivity index (χ2n) is 6.69. The van der Waals surface area contributed by atoms with Crippen molar-refractivity contribution in [1.82, 2.24) is 4.90 Å². The number of nitrogens with zero attached hydrogens (tertiary/aromatic N) is 1. The molecule has 1 aromatic rings. The number of nitrogens with one attached hydrogen (secondary N) is 1. The lowest BCUT2D eigenvalue weighted by Crippen LogP contribution is -2.47. The molecule has 0 bridgehead atoms. The fraction of sp³-hybridized carbons (Fsp3) is 0.632. The molecule has 2 N–H and O–H groups in total. The minimum Gasteiger partial charge on any atom is -0.392 e. The molecule has 4 heteroatoms. The minimum absolute atomic E-state index is 0.0817. The molecule has 0 radical (unpaired) electrons. The predicted molar refractivity (Wildman–Crippen MR) is 94.8 cm³/mol. The summed E-state index contributed by atoms with van der Waals surface area (Å²) in [6, 6.07) is 6.27. The van der Waals surface area contributed by atoms with Gasteiger partial charge in [-0.15, -0.1) is 0 Å². The molecule has 0 heterocycles. The number of urea groups is 1. The average molecular weight is 318 g/mol. The highest BCUT2D eigenvalue weighted by Gasteiger charge is 2.27. The number of hydrogen-bond acceptors (Lipinski definition) is 2. The third kappa shape index (κ3) is 4.71. The Morgan fingerprint density at radius 3 is 2.65 bits per heavy atom. The summed E-state index contributed by atoms with van der Waals surface area (Å²) in [4.78, 5) is 14.7. The molecule has 1 atom stereocenters. The first-order valence-corrected chi connectivity index (χ1v) is 8.87. The summed E-state index contributed by atoms with van der Waals surface area (Å²) in [6.07, 6.45) is 6.03. The van der Waals surface area contributed by atoms with Crippen LogP contribution in [0.3, 0.4) is 0 Å². The number of carbonyl (C=O) groups excluding carboxylic acids is 1. The van der Waals surface area contributed by atoms with Crippen molar-refractivity contribution < 1.29 is 9.90 Å². The first-order chi connectivity index (χ1) is 11.0. The van der Waals surface area contributed by atoms with E-state index < -0.39 is 6.10 Å². The van der Waals surface area contributed by atoms with E-state index in [1.807, 2.05) is 24.0 Å². The highest BCUT2D eigenvalue weighted by molar-refractivity contribution is 5.91. The SMILES string of the molecule is CCc1cccc(C)c1NC(=O)N(C[C@H](C)O)C1CCCCC1. The summed E-state index contributed by atoms with van der Waals surface area (Å²) in [5.74, 6) is 0. The van der Waals surface area contributed by atoms with Crippen LogP contribution in [0.5, 0.6) is 0 Å². The number of amides is 2. The van der Waals surface area contributed by atoms with Gasteiger partial charge in [0.25, 0.3) is 0 Å². The number of aliphatic hydroxyl groups excluding tert-OH is 1. The molecular formula is C19H30N2O2. The first-order valence-electron chi connectivity index (χ1n) is 8.87. The van der Waals surface area contributed by atoms with Crippen molar-refractivity contribution >= 4 is 11.7 Å². The first kappa shape index (κ1) is 17.8. The van der Waals surface area contributed by atoms with Crippen molar-refractivity contribution in [2.75, 3.05) is 11.9 Å². The molecule has 1 aliphatic rings. The third-order valence-corrected chi connectivity index (χ3v) is 4.71. The molecule has 2 amide bonds. The molecule has 0 saturated heterocycles. The highest BCUT2D eigenvalue weighted by atomic mass is 16.3. The fourth-order valence-electron chi connectivity index (χ4n) is 3.46. The zero-order chi connectivity index (χ0) is 16.8. The predicted octanol–water partition coefficient (Wildman–Crippen LogP) is 4.10. The number of rotatable bonds is 5. The van der Waals surface area contributed by atoms with Crippen LogP contribution in [0.2, 0.25) is 0 Å². The van der Waals surface area contributed by atoms with E-state index in [9.17, 15) is 9.90 Å². The maximum atomic E-state index is 12.9. The number of benzene rings is 1. The Bertz CT molecular complexity index is 522. The van der Waals surface area contributed by atoms with Gasteiger partial charge in [0.15, 0.2) is 0 Å². The molecule has 0 aromatic heterocycles. The van der Waals surface area contributed by atoms with Crippen LogP contribution in [0.25, 0.3) is 0 Å². The van der Waals surface area contributed by atoms with E-state index in [4.69, 9.17) is 0 Å². The monoisotopic (exact) mass is 318 g/mol. The van der Waals surface area contributed by atoms with Gasteiger partial charge in [-0.25, -0.2) is 4.79 Å². The van der Waals surface area contributed by atoms with Crippen molar-refractivity contribution in [3.8, 4) is 0 Å². The van der Waals surface area contributed by atoms with Gasteiger partial charge in [-0.2, -0.15) is 0 Å². The molecule has 23 heavy (non-hydrogen) atoms. The van der Waals surface area contributed by atoms with Gasteiger partial charge in [-0.3, -0.25) is 0 Å². The standard InChI is InChI=1S/C19H30N2O2/c1-4-16-10-8-9-14(2)18(16)20-19(23)21(13-15(3)22)17-11-6-5-7-12-17/h8-10,15,17,22H,4-7,11-13H2,1-3H3,(H,20,23)/t15-/m0/s1. The van der Waals surface area contributed by atoms with E-state index >= 15 is 0 Å². The van der Waals surface area contributed by atoms with E-state index in [-0.39, 0.29) is 12.1 Å². The van der Waals surface area contributed by atoms with Crippen molar-refractivity contribution in [2.24, 2.45) is 0 Å². The normalized spacial score (nSPS) is 16.9. The van der Waals surface area contributed by atoms with Gasteiger partial charge in [0.05, 0.1) is 6.10 Å². The van der Waals surface area contributed by atoms with E-state index in [1.54, 1.807) is 6.92 Å². The van der Waals surface area contributed by atoms with Crippen molar-refractivity contribution in [2.45, 2.75) is 71.4 Å². The van der Waals surface area contributed by atoms with Crippen LogP contribution in [0.1, 0.15) is 57.1 Å². The van der Waals surface area contributed by atoms with Crippen LogP contribution in [0, 0.1) is 6.92 Å². The van der Waals surface area contributed by atoms with Gasteiger partial charge in [0, 0.05) is 18.3 Å². The molecule has 4 nitrogen and oxygen atoms in total. The molecule has 0 spiro atoms. The average Bonchev–Trinajstić information content (AvgIpc) is 2.55. The fourth-order valence-corrected chi connectivity index (χ4v) is 3.46. The molecule has 2 rings (SSSR count). The van der Waals surface area contributed by atoms with Crippen molar-refractivity contribution in [3.63, 3.8) is 0 Å². The van der Waals surface area contributed by atoms with E-state index in [0.29, 0.717) is 6.54 Å². The lowest BCUT2D eigenvalue weighted by atomic mass is 9.94. The zero-order valence-electron chi connectivity index (χ0n) is 14.6. The van der Waals surface area contributed by atoms with Crippen LogP contribution >= 0.6 is 0 Å². The Morgan fingerprint density at radius 1 is 1.35 bits per heavy atom. The lowest BCUT2D eigenvalue weighted by molar-refractivity contribution is 0.105. The summed E-state index contributed by atoms with van der Waals surface area (Å²) < 4.78 is 0. The molecule has 1 saturated carbocycles. The number of aryl methyl sites for hydroxylation is 2. The Hall–Kier alpha value is -1.55. The number of carbonyl (C=O) groups is 1. The van der Waals surface area contributed by atoms with Gasteiger partial charge in [0.2, 0.25) is 0 Å². The van der Waals surface area contributed by atoms with Gasteiger partial charge in [0.1, 0.15) is 0 Å². The van der Waals surface area contributed by atoms with E-state index in [0.717, 1.165) is 36.1 Å². The lowest BCUT2D eigenvalue weighted by Gasteiger charge is -2.35. The smallest absolute Gasteiger partial charge is 0.322 e. The zero-order valence-corrected chi connectivity index (χ0v) is 14.6. The second kappa shape index (κ2) is 8.34. The Morgan fingerprint density at radius 2 is 2.04 bits per heavy atom. The molecule has 1 aromatic carbocycles. The second-order valence-corrected chi connectivity index (χ2v) is 6.69. The van der Waals surface area contributed by atoms with Crippen LogP contribution < -0.4 is 5.32 Å². The van der Waals surface area contributed by atoms with E-state index in [1.165, 1.54) is 19.3 Å². The topological polar surface area (TPSA) is 52.6 Å². The maximum absolute atomic E-state index is 12.9. The molecule has 1 aliphatic carbocycles. The summed E-state index contributed by atoms with van der Waals surface area (Å²) in [7, 11) is 0. The van der Waals surface area contributed by atoms with Gasteiger partial charge in [-0.1, -0.05) is 44.4 Å². The number of aliphatic hydroxyl groups is 1. The summed E-state index contributed by atoms with van der Waals surface area (Å²) >= 11 is 0. The maximum Gasteiger partial charge on any atom is 0.322 e. The number of hydrogen-bond donors (Lipinski definition) is 2. The molecule has 128 valence electrons. The third-order valence-electron chi connectivity index (χ3n) is 4.71. The van der Waals surface area contributed by atoms with Crippen LogP contribution in [-0.4, -0.2) is 34.7 Å². The largest absolute Gasteiger partial charge is 0.392 e. The number of anilines is 1. The summed E-state index contributed by atoms with van der Waals surface area (Å²) in [6.45, 7) is 6.26. The van der Waals surface area contributed by atoms with Crippen LogP contribution in [0.15, 0.2) is 18.2 Å².